The second-order valence-corrected chi connectivity index (χ2v) is 14.2. The minimum atomic E-state index is -1.92. The van der Waals surface area contributed by atoms with Gasteiger partial charge in [0.25, 0.3) is 14.1 Å². The summed E-state index contributed by atoms with van der Waals surface area (Å²) in [6, 6.07) is 0. The molecular formula is C6H15AlCl4NiTi. The van der Waals surface area contributed by atoms with Crippen LogP contribution in [0.15, 0.2) is 0 Å². The third-order valence-electron chi connectivity index (χ3n) is 1.73. The van der Waals surface area contributed by atoms with E-state index in [1.54, 1.807) is 0 Å². The molecule has 0 N–H and O–H groups in total. The van der Waals surface area contributed by atoms with Crippen molar-refractivity contribution in [3.05, 3.63) is 0 Å². The van der Waals surface area contributed by atoms with E-state index >= 15 is 0 Å². The van der Waals surface area contributed by atoms with Crippen LogP contribution in [0.3, 0.4) is 0 Å². The summed E-state index contributed by atoms with van der Waals surface area (Å²) in [4.78, 5) is 0. The van der Waals surface area contributed by atoms with E-state index in [9.17, 15) is 0 Å². The van der Waals surface area contributed by atoms with Gasteiger partial charge in [-0.05, 0) is 0 Å². The predicted molar refractivity (Wildman–Crippen MR) is 60.6 cm³/mol. The molecule has 0 aromatic carbocycles. The summed E-state index contributed by atoms with van der Waals surface area (Å²) >= 11 is 1.26. The SMILES string of the molecule is C[CH2][Al]([CH2]C)[CH2]C.[Cl][Ni].[Cl][Ti]([Cl])[Cl]. The number of hydrogen-bond acceptors (Lipinski definition) is 0. The monoisotopic (exact) mass is 360 g/mol. The van der Waals surface area contributed by atoms with Crippen molar-refractivity contribution >= 4 is 52.3 Å². The van der Waals surface area contributed by atoms with Crippen LogP contribution < -0.4 is 0 Å². The number of rotatable bonds is 3. The maximum absolute atomic E-state index is 4.97. The Labute approximate surface area is 117 Å². The molecule has 0 heterocycles. The van der Waals surface area contributed by atoms with Crippen LogP contribution in [0.5, 0.6) is 0 Å². The summed E-state index contributed by atoms with van der Waals surface area (Å²) in [5, 5.41) is 4.48. The first kappa shape index (κ1) is 21.2. The molecule has 0 spiro atoms. The van der Waals surface area contributed by atoms with Gasteiger partial charge in [-0.3, -0.25) is 0 Å². The third-order valence-corrected chi connectivity index (χ3v) is 5.20. The molecule has 0 aliphatic carbocycles. The van der Waals surface area contributed by atoms with Gasteiger partial charge in [-0.2, -0.15) is 0 Å². The van der Waals surface area contributed by atoms with Crippen molar-refractivity contribution in [2.75, 3.05) is 0 Å². The van der Waals surface area contributed by atoms with Gasteiger partial charge in [0, 0.05) is 0 Å². The Hall–Kier alpha value is 2.90. The van der Waals surface area contributed by atoms with Crippen molar-refractivity contribution in [3.63, 3.8) is 0 Å². The summed E-state index contributed by atoms with van der Waals surface area (Å²) in [5.41, 5.74) is 0. The Morgan fingerprint density at radius 1 is 0.923 bits per heavy atom. The summed E-state index contributed by atoms with van der Waals surface area (Å²) in [6.07, 6.45) is 0. The van der Waals surface area contributed by atoms with E-state index in [2.05, 4.69) is 45.5 Å². The summed E-state index contributed by atoms with van der Waals surface area (Å²) in [6.45, 7) is 6.97. The second kappa shape index (κ2) is 20.3. The van der Waals surface area contributed by atoms with E-state index < -0.39 is 14.7 Å². The third kappa shape index (κ3) is 31.3. The van der Waals surface area contributed by atoms with Gasteiger partial charge in [0.2, 0.25) is 0 Å². The van der Waals surface area contributed by atoms with E-state index in [-0.39, 0.29) is 14.1 Å². The van der Waals surface area contributed by atoms with Crippen LogP contribution in [0.4, 0.5) is 0 Å². The molecule has 0 aliphatic rings. The Bertz CT molecular complexity index is 67.4. The van der Waals surface area contributed by atoms with E-state index in [0.29, 0.717) is 0 Å². The van der Waals surface area contributed by atoms with Crippen LogP contribution in [0.2, 0.25) is 15.8 Å². The van der Waals surface area contributed by atoms with Crippen LogP contribution >= 0.6 is 38.1 Å². The van der Waals surface area contributed by atoms with Crippen LogP contribution in [-0.2, 0) is 29.3 Å². The summed E-state index contributed by atoms with van der Waals surface area (Å²) in [5.74, 6) is 0. The van der Waals surface area contributed by atoms with Gasteiger partial charge in [-0.15, -0.1) is 0 Å². The molecule has 0 aromatic heterocycles. The molecule has 84 valence electrons. The molecule has 0 atom stereocenters. The van der Waals surface area contributed by atoms with Gasteiger partial charge < -0.3 is 0 Å². The molecule has 0 nitrogen and oxygen atoms in total. The molecule has 0 aromatic rings. The molecular weight excluding hydrogens is 347 g/mol. The number of halogens is 4. The van der Waals surface area contributed by atoms with Gasteiger partial charge >= 0.3 is 67.4 Å². The quantitative estimate of drug-likeness (QED) is 0.598. The van der Waals surface area contributed by atoms with Gasteiger partial charge in [0.1, 0.15) is 0 Å². The van der Waals surface area contributed by atoms with Crippen molar-refractivity contribution in [1.82, 2.24) is 0 Å². The standard InChI is InChI=1S/3C2H5.Al.4ClH.Ni.Ti/c3*1-2;;;;;;;/h3*1H2,2H3;;4*1H;;/q;;;;;;;;+1;+3/p-4. The Kier molecular flexibility index (Phi) is 33.2. The molecule has 7 heteroatoms. The van der Waals surface area contributed by atoms with E-state index in [0.717, 1.165) is 0 Å². The average Bonchev–Trinajstić information content (AvgIpc) is 2.10. The van der Waals surface area contributed by atoms with E-state index in [4.69, 9.17) is 27.9 Å². The Morgan fingerprint density at radius 3 is 1.08 bits per heavy atom. The van der Waals surface area contributed by atoms with Crippen molar-refractivity contribution < 1.29 is 29.3 Å². The first-order valence-electron chi connectivity index (χ1n) is 4.03. The fraction of sp³-hybridized carbons (Fsp3) is 1.00. The first-order chi connectivity index (χ1) is 6.08. The molecule has 0 saturated heterocycles. The molecule has 0 unspecified atom stereocenters. The Morgan fingerprint density at radius 2 is 1.08 bits per heavy atom. The zero-order valence-electron chi connectivity index (χ0n) is 8.03. The van der Waals surface area contributed by atoms with E-state index in [1.807, 2.05) is 0 Å². The summed E-state index contributed by atoms with van der Waals surface area (Å²) < 4.78 is 0. The van der Waals surface area contributed by atoms with Crippen molar-refractivity contribution in [1.29, 1.82) is 0 Å². The van der Waals surface area contributed by atoms with Crippen molar-refractivity contribution in [2.24, 2.45) is 0 Å². The normalized spacial score (nSPS) is 7.46. The molecule has 0 radical (unpaired) electrons. The molecule has 0 rings (SSSR count). The molecule has 0 aliphatic heterocycles. The van der Waals surface area contributed by atoms with Crippen molar-refractivity contribution in [2.45, 2.75) is 36.6 Å². The number of hydrogen-bond donors (Lipinski definition) is 0. The van der Waals surface area contributed by atoms with Crippen LogP contribution in [-0.4, -0.2) is 14.1 Å². The zero-order chi connectivity index (χ0) is 11.3. The zero-order valence-corrected chi connectivity index (χ0v) is 14.8. The van der Waals surface area contributed by atoms with Crippen molar-refractivity contribution in [3.8, 4) is 0 Å². The fourth-order valence-electron chi connectivity index (χ4n) is 0.866. The molecule has 13 heavy (non-hydrogen) atoms. The Balaban J connectivity index is -0.000000142. The van der Waals surface area contributed by atoms with Gasteiger partial charge in [0.15, 0.2) is 0 Å². The molecule has 0 saturated carbocycles. The fourth-order valence-corrected chi connectivity index (χ4v) is 2.60. The van der Waals surface area contributed by atoms with Gasteiger partial charge in [0.05, 0.1) is 0 Å². The predicted octanol–water partition coefficient (Wildman–Crippen LogP) is 5.29. The van der Waals surface area contributed by atoms with Crippen LogP contribution in [0.1, 0.15) is 20.8 Å². The minimum absolute atomic E-state index is 0.171. The average molecular weight is 363 g/mol. The molecule has 0 bridgehead atoms. The van der Waals surface area contributed by atoms with Gasteiger partial charge in [-0.1, -0.05) is 36.6 Å². The molecule has 0 amide bonds. The molecule has 0 fully saturated rings. The van der Waals surface area contributed by atoms with Crippen LogP contribution in [0.25, 0.3) is 0 Å². The topological polar surface area (TPSA) is 0 Å². The first-order valence-corrected chi connectivity index (χ1v) is 14.3. The van der Waals surface area contributed by atoms with Crippen LogP contribution in [0, 0.1) is 0 Å². The van der Waals surface area contributed by atoms with E-state index in [1.165, 1.54) is 15.8 Å². The second-order valence-electron chi connectivity index (χ2n) is 2.31. The summed E-state index contributed by atoms with van der Waals surface area (Å²) in [7, 11) is 19.2. The van der Waals surface area contributed by atoms with Gasteiger partial charge in [-0.25, -0.2) is 0 Å². The maximum atomic E-state index is 4.97.